The van der Waals surface area contributed by atoms with Gasteiger partial charge in [-0.2, -0.15) is 18.3 Å². The lowest BCUT2D eigenvalue weighted by molar-refractivity contribution is -0.137. The van der Waals surface area contributed by atoms with Crippen molar-refractivity contribution in [1.82, 2.24) is 9.78 Å². The molecule has 4 nitrogen and oxygen atoms in total. The Bertz CT molecular complexity index is 869. The molecule has 8 heteroatoms. The number of nitrogens with one attached hydrogen (secondary N) is 1. The molecule has 1 saturated carbocycles. The summed E-state index contributed by atoms with van der Waals surface area (Å²) in [5.41, 5.74) is 1.28. The molecule has 0 unspecified atom stereocenters. The summed E-state index contributed by atoms with van der Waals surface area (Å²) in [6.45, 7) is 5.74. The number of rotatable bonds is 3. The molecule has 1 fully saturated rings. The Hall–Kier alpha value is -2.02. The van der Waals surface area contributed by atoms with Gasteiger partial charge in [-0.3, -0.25) is 9.48 Å². The van der Waals surface area contributed by atoms with Crippen LogP contribution in [0, 0.1) is 20.8 Å². The third-order valence-corrected chi connectivity index (χ3v) is 5.52. The van der Waals surface area contributed by atoms with Crippen LogP contribution in [0.15, 0.2) is 18.2 Å². The van der Waals surface area contributed by atoms with Crippen molar-refractivity contribution in [1.29, 1.82) is 0 Å². The zero-order chi connectivity index (χ0) is 19.3. The number of halogens is 4. The number of benzene rings is 1. The van der Waals surface area contributed by atoms with Gasteiger partial charge in [0.2, 0.25) is 0 Å². The SMILES string of the molecule is Cc1nn(C2(C(=O)Nc3ccc(C(F)(F)F)cc3Cl)CCC2)c(C)c1C. The monoisotopic (exact) mass is 385 g/mol. The number of carbonyl (C=O) groups is 1. The lowest BCUT2D eigenvalue weighted by atomic mass is 9.75. The minimum Gasteiger partial charge on any atom is -0.323 e. The van der Waals surface area contributed by atoms with Gasteiger partial charge in [0.1, 0.15) is 5.54 Å². The molecule has 0 aliphatic heterocycles. The first kappa shape index (κ1) is 18.8. The maximum Gasteiger partial charge on any atom is 0.416 e. The molecule has 1 aliphatic rings. The molecule has 1 amide bonds. The molecule has 0 saturated heterocycles. The summed E-state index contributed by atoms with van der Waals surface area (Å²) < 4.78 is 40.0. The van der Waals surface area contributed by atoms with Gasteiger partial charge in [-0.25, -0.2) is 0 Å². The summed E-state index contributed by atoms with van der Waals surface area (Å²) >= 11 is 5.96. The minimum absolute atomic E-state index is 0.146. The van der Waals surface area contributed by atoms with Crippen LogP contribution in [-0.2, 0) is 16.5 Å². The molecule has 0 radical (unpaired) electrons. The lowest BCUT2D eigenvalue weighted by Crippen LogP contribution is -2.51. The van der Waals surface area contributed by atoms with Crippen molar-refractivity contribution in [3.8, 4) is 0 Å². The largest absolute Gasteiger partial charge is 0.416 e. The van der Waals surface area contributed by atoms with Crippen LogP contribution in [0.25, 0.3) is 0 Å². The zero-order valence-electron chi connectivity index (χ0n) is 14.7. The van der Waals surface area contributed by atoms with Gasteiger partial charge >= 0.3 is 6.18 Å². The summed E-state index contributed by atoms with van der Waals surface area (Å²) in [6, 6.07) is 2.91. The van der Waals surface area contributed by atoms with Gasteiger partial charge in [0.25, 0.3) is 5.91 Å². The number of alkyl halides is 3. The van der Waals surface area contributed by atoms with E-state index in [1.165, 1.54) is 6.07 Å². The number of amides is 1. The van der Waals surface area contributed by atoms with Crippen LogP contribution in [0.5, 0.6) is 0 Å². The van der Waals surface area contributed by atoms with Crippen LogP contribution in [0.1, 0.15) is 41.8 Å². The topological polar surface area (TPSA) is 46.9 Å². The first-order valence-electron chi connectivity index (χ1n) is 8.28. The van der Waals surface area contributed by atoms with Crippen molar-refractivity contribution in [3.05, 3.63) is 45.7 Å². The van der Waals surface area contributed by atoms with E-state index in [9.17, 15) is 18.0 Å². The Labute approximate surface area is 154 Å². The molecule has 1 N–H and O–H groups in total. The van der Waals surface area contributed by atoms with Gasteiger partial charge in [-0.15, -0.1) is 0 Å². The van der Waals surface area contributed by atoms with Crippen LogP contribution in [0.2, 0.25) is 5.02 Å². The Morgan fingerprint density at radius 2 is 1.92 bits per heavy atom. The highest BCUT2D eigenvalue weighted by Gasteiger charge is 2.48. The standard InChI is InChI=1S/C18H19ClF3N3O/c1-10-11(2)24-25(12(10)3)17(7-4-8-17)16(26)23-15-6-5-13(9-14(15)19)18(20,21)22/h5-6,9H,4,7-8H2,1-3H3,(H,23,26). The minimum atomic E-state index is -4.48. The molecular formula is C18H19ClF3N3O. The quantitative estimate of drug-likeness (QED) is 0.808. The van der Waals surface area contributed by atoms with Crippen LogP contribution in [0.3, 0.4) is 0 Å². The number of aryl methyl sites for hydroxylation is 1. The van der Waals surface area contributed by atoms with Gasteiger partial charge < -0.3 is 5.32 Å². The molecule has 3 rings (SSSR count). The summed E-state index contributed by atoms with van der Waals surface area (Å²) in [6.07, 6.45) is -2.36. The molecule has 1 aliphatic carbocycles. The van der Waals surface area contributed by atoms with E-state index in [1.807, 2.05) is 20.8 Å². The van der Waals surface area contributed by atoms with Crippen molar-refractivity contribution in [2.24, 2.45) is 0 Å². The normalized spacial score (nSPS) is 16.3. The predicted octanol–water partition coefficient (Wildman–Crippen LogP) is 5.00. The number of aromatic nitrogens is 2. The van der Waals surface area contributed by atoms with Gasteiger partial charge in [-0.05, 0) is 63.8 Å². The molecule has 1 heterocycles. The third kappa shape index (κ3) is 2.98. The fraction of sp³-hybridized carbons (Fsp3) is 0.444. The number of hydrogen-bond donors (Lipinski definition) is 1. The first-order valence-corrected chi connectivity index (χ1v) is 8.65. The van der Waals surface area contributed by atoms with E-state index >= 15 is 0 Å². The van der Waals surface area contributed by atoms with Crippen molar-refractivity contribution in [3.63, 3.8) is 0 Å². The molecule has 2 aromatic rings. The van der Waals surface area contributed by atoms with Gasteiger partial charge in [0, 0.05) is 5.69 Å². The first-order chi connectivity index (χ1) is 12.1. The Kier molecular flexibility index (Phi) is 4.55. The Morgan fingerprint density at radius 1 is 1.27 bits per heavy atom. The smallest absolute Gasteiger partial charge is 0.323 e. The molecule has 0 spiro atoms. The van der Waals surface area contributed by atoms with Crippen LogP contribution in [-0.4, -0.2) is 15.7 Å². The predicted molar refractivity (Wildman–Crippen MR) is 93.3 cm³/mol. The molecule has 0 atom stereocenters. The van der Waals surface area contributed by atoms with Crippen molar-refractivity contribution >= 4 is 23.2 Å². The van der Waals surface area contributed by atoms with E-state index in [1.54, 1.807) is 4.68 Å². The van der Waals surface area contributed by atoms with Crippen molar-refractivity contribution < 1.29 is 18.0 Å². The second-order valence-electron chi connectivity index (χ2n) is 6.74. The van der Waals surface area contributed by atoms with Crippen LogP contribution in [0.4, 0.5) is 18.9 Å². The van der Waals surface area contributed by atoms with Crippen molar-refractivity contribution in [2.75, 3.05) is 5.32 Å². The molecule has 26 heavy (non-hydrogen) atoms. The van der Waals surface area contributed by atoms with Gasteiger partial charge in [0.05, 0.1) is 22.0 Å². The summed E-state index contributed by atoms with van der Waals surface area (Å²) in [5, 5.41) is 7.05. The number of carbonyl (C=O) groups excluding carboxylic acids is 1. The molecule has 140 valence electrons. The maximum absolute atomic E-state index is 13.0. The van der Waals surface area contributed by atoms with Crippen LogP contribution < -0.4 is 5.32 Å². The van der Waals surface area contributed by atoms with E-state index in [-0.39, 0.29) is 16.6 Å². The van der Waals surface area contributed by atoms with E-state index in [0.717, 1.165) is 35.5 Å². The van der Waals surface area contributed by atoms with Crippen LogP contribution >= 0.6 is 11.6 Å². The summed E-state index contributed by atoms with van der Waals surface area (Å²) in [7, 11) is 0. The molecule has 1 aromatic heterocycles. The third-order valence-electron chi connectivity index (χ3n) is 5.21. The highest BCUT2D eigenvalue weighted by Crippen LogP contribution is 2.42. The van der Waals surface area contributed by atoms with E-state index in [2.05, 4.69) is 10.4 Å². The van der Waals surface area contributed by atoms with E-state index in [4.69, 9.17) is 11.6 Å². The fourth-order valence-corrected chi connectivity index (χ4v) is 3.44. The highest BCUT2D eigenvalue weighted by atomic mass is 35.5. The molecule has 0 bridgehead atoms. The summed E-state index contributed by atoms with van der Waals surface area (Å²) in [4.78, 5) is 13.0. The van der Waals surface area contributed by atoms with E-state index < -0.39 is 17.3 Å². The number of nitrogens with zero attached hydrogens (tertiary/aromatic N) is 2. The Morgan fingerprint density at radius 3 is 2.35 bits per heavy atom. The van der Waals surface area contributed by atoms with E-state index in [0.29, 0.717) is 12.8 Å². The second-order valence-corrected chi connectivity index (χ2v) is 7.15. The molecule has 1 aromatic carbocycles. The molecular weight excluding hydrogens is 367 g/mol. The van der Waals surface area contributed by atoms with Crippen molar-refractivity contribution in [2.45, 2.75) is 51.7 Å². The maximum atomic E-state index is 13.0. The Balaban J connectivity index is 1.90. The average Bonchev–Trinajstić information content (AvgIpc) is 2.75. The van der Waals surface area contributed by atoms with Gasteiger partial charge in [-0.1, -0.05) is 11.6 Å². The average molecular weight is 386 g/mol. The zero-order valence-corrected chi connectivity index (χ0v) is 15.4. The van der Waals surface area contributed by atoms with Gasteiger partial charge in [0.15, 0.2) is 0 Å². The highest BCUT2D eigenvalue weighted by molar-refractivity contribution is 6.33. The number of anilines is 1. The second kappa shape index (κ2) is 6.30. The fourth-order valence-electron chi connectivity index (χ4n) is 3.22. The lowest BCUT2D eigenvalue weighted by Gasteiger charge is -2.41. The number of hydrogen-bond acceptors (Lipinski definition) is 2. The summed E-state index contributed by atoms with van der Waals surface area (Å²) in [5.74, 6) is -0.309.